The number of carbonyl (C=O) groups excluding carboxylic acids is 3. The number of rotatable bonds is 2. The number of likely N-dealkylation sites (tertiary alicyclic amines) is 1. The van der Waals surface area contributed by atoms with Crippen molar-refractivity contribution in [1.82, 2.24) is 4.90 Å². The number of anilines is 1. The Morgan fingerprint density at radius 2 is 1.80 bits per heavy atom. The standard InChI is InChI=1S/C20H20N2O3/c1-11-2-3-12-6-7-21(15(12)8-11)16(23)10-22-19(24)17-13-4-5-14(9-13)18(17)20(22)25/h2-5,8,13-14,17-18H,6-7,9-10H2,1H3/t13-,14-,17+,18+/m0/s1. The van der Waals surface area contributed by atoms with Gasteiger partial charge in [-0.2, -0.15) is 0 Å². The van der Waals surface area contributed by atoms with Crippen LogP contribution in [0.1, 0.15) is 17.5 Å². The van der Waals surface area contributed by atoms with E-state index < -0.39 is 0 Å². The van der Waals surface area contributed by atoms with Gasteiger partial charge in [0.25, 0.3) is 0 Å². The van der Waals surface area contributed by atoms with Crippen molar-refractivity contribution in [2.45, 2.75) is 19.8 Å². The Labute approximate surface area is 146 Å². The molecule has 128 valence electrons. The summed E-state index contributed by atoms with van der Waals surface area (Å²) in [5.41, 5.74) is 3.17. The first-order valence-electron chi connectivity index (χ1n) is 8.98. The summed E-state index contributed by atoms with van der Waals surface area (Å²) >= 11 is 0. The van der Waals surface area contributed by atoms with Gasteiger partial charge < -0.3 is 4.90 Å². The van der Waals surface area contributed by atoms with Crippen molar-refractivity contribution in [3.05, 3.63) is 41.5 Å². The molecule has 5 rings (SSSR count). The molecule has 3 amide bonds. The van der Waals surface area contributed by atoms with Gasteiger partial charge in [0.2, 0.25) is 17.7 Å². The van der Waals surface area contributed by atoms with Crippen LogP contribution in [0.4, 0.5) is 5.69 Å². The van der Waals surface area contributed by atoms with E-state index in [1.54, 1.807) is 4.90 Å². The SMILES string of the molecule is Cc1ccc2c(c1)N(C(=O)CN1C(=O)[C@H]3[C@H](C1=O)[C@H]1C=C[C@H]3C1)CC2. The van der Waals surface area contributed by atoms with Gasteiger partial charge in [0.15, 0.2) is 0 Å². The lowest BCUT2D eigenvalue weighted by Crippen LogP contribution is -2.43. The number of nitrogens with zero attached hydrogens (tertiary/aromatic N) is 2. The van der Waals surface area contributed by atoms with E-state index in [1.165, 1.54) is 4.90 Å². The average molecular weight is 336 g/mol. The molecule has 25 heavy (non-hydrogen) atoms. The number of hydrogen-bond donors (Lipinski definition) is 0. The minimum absolute atomic E-state index is 0.127. The Bertz CT molecular complexity index is 813. The summed E-state index contributed by atoms with van der Waals surface area (Å²) in [6.07, 6.45) is 5.87. The lowest BCUT2D eigenvalue weighted by molar-refractivity contribution is -0.143. The maximum Gasteiger partial charge on any atom is 0.247 e. The molecule has 0 aromatic heterocycles. The minimum Gasteiger partial charge on any atom is -0.310 e. The quantitative estimate of drug-likeness (QED) is 0.610. The van der Waals surface area contributed by atoms with E-state index >= 15 is 0 Å². The van der Waals surface area contributed by atoms with E-state index in [-0.39, 0.29) is 47.9 Å². The molecule has 2 aliphatic carbocycles. The number of benzene rings is 1. The lowest BCUT2D eigenvalue weighted by Gasteiger charge is -2.22. The molecule has 0 unspecified atom stereocenters. The number of hydrogen-bond acceptors (Lipinski definition) is 3. The molecular formula is C20H20N2O3. The van der Waals surface area contributed by atoms with E-state index in [9.17, 15) is 14.4 Å². The number of carbonyl (C=O) groups is 3. The maximum atomic E-state index is 12.8. The minimum atomic E-state index is -0.233. The van der Waals surface area contributed by atoms with Crippen LogP contribution in [0.15, 0.2) is 30.4 Å². The third kappa shape index (κ3) is 1.98. The fraction of sp³-hybridized carbons (Fsp3) is 0.450. The molecule has 1 aromatic rings. The van der Waals surface area contributed by atoms with Crippen LogP contribution in [0.25, 0.3) is 0 Å². The monoisotopic (exact) mass is 336 g/mol. The number of allylic oxidation sites excluding steroid dienone is 2. The van der Waals surface area contributed by atoms with Crippen LogP contribution in [-0.4, -0.2) is 35.7 Å². The highest BCUT2D eigenvalue weighted by Crippen LogP contribution is 2.52. The van der Waals surface area contributed by atoms with E-state index in [1.807, 2.05) is 19.1 Å². The molecule has 1 saturated carbocycles. The Kier molecular flexibility index (Phi) is 3.00. The summed E-state index contributed by atoms with van der Waals surface area (Å²) in [6.45, 7) is 2.49. The molecule has 0 N–H and O–H groups in total. The van der Waals surface area contributed by atoms with E-state index in [2.05, 4.69) is 18.2 Å². The molecule has 2 fully saturated rings. The van der Waals surface area contributed by atoms with E-state index in [0.717, 1.165) is 29.7 Å². The smallest absolute Gasteiger partial charge is 0.247 e. The Morgan fingerprint density at radius 3 is 2.48 bits per heavy atom. The summed E-state index contributed by atoms with van der Waals surface area (Å²) in [5.74, 6) is -0.561. The van der Waals surface area contributed by atoms with Crippen molar-refractivity contribution in [2.24, 2.45) is 23.7 Å². The average Bonchev–Trinajstić information content (AvgIpc) is 3.34. The van der Waals surface area contributed by atoms with Gasteiger partial charge in [0.05, 0.1) is 11.8 Å². The molecule has 5 nitrogen and oxygen atoms in total. The molecule has 1 saturated heterocycles. The maximum absolute atomic E-state index is 12.8. The van der Waals surface area contributed by atoms with Crippen molar-refractivity contribution >= 4 is 23.4 Å². The van der Waals surface area contributed by atoms with Crippen LogP contribution in [-0.2, 0) is 20.8 Å². The second kappa shape index (κ2) is 5.04. The Balaban J connectivity index is 1.37. The fourth-order valence-corrected chi connectivity index (χ4v) is 5.09. The molecule has 0 spiro atoms. The zero-order valence-electron chi connectivity index (χ0n) is 14.1. The summed E-state index contributed by atoms with van der Waals surface area (Å²) in [5, 5.41) is 0. The topological polar surface area (TPSA) is 57.7 Å². The van der Waals surface area contributed by atoms with Crippen molar-refractivity contribution in [2.75, 3.05) is 18.0 Å². The predicted octanol–water partition coefficient (Wildman–Crippen LogP) is 1.69. The Hall–Kier alpha value is -2.43. The largest absolute Gasteiger partial charge is 0.310 e. The second-order valence-electron chi connectivity index (χ2n) is 7.69. The molecule has 2 bridgehead atoms. The predicted molar refractivity (Wildman–Crippen MR) is 91.7 cm³/mol. The van der Waals surface area contributed by atoms with Gasteiger partial charge in [-0.15, -0.1) is 0 Å². The van der Waals surface area contributed by atoms with Gasteiger partial charge in [-0.25, -0.2) is 0 Å². The highest BCUT2D eigenvalue weighted by Gasteiger charge is 2.59. The van der Waals surface area contributed by atoms with Crippen LogP contribution >= 0.6 is 0 Å². The molecule has 4 aliphatic rings. The third-order valence-corrected chi connectivity index (χ3v) is 6.29. The van der Waals surface area contributed by atoms with Crippen molar-refractivity contribution in [3.8, 4) is 0 Å². The summed E-state index contributed by atoms with van der Waals surface area (Å²) in [7, 11) is 0. The van der Waals surface area contributed by atoms with Gasteiger partial charge in [-0.05, 0) is 48.8 Å². The van der Waals surface area contributed by atoms with E-state index in [0.29, 0.717) is 6.54 Å². The molecular weight excluding hydrogens is 316 g/mol. The summed E-state index contributed by atoms with van der Waals surface area (Å²) in [4.78, 5) is 41.3. The van der Waals surface area contributed by atoms with Gasteiger partial charge in [-0.1, -0.05) is 24.3 Å². The van der Waals surface area contributed by atoms with Crippen LogP contribution in [0.5, 0.6) is 0 Å². The van der Waals surface area contributed by atoms with Crippen LogP contribution in [0.2, 0.25) is 0 Å². The zero-order valence-corrected chi connectivity index (χ0v) is 14.1. The van der Waals surface area contributed by atoms with Gasteiger partial charge in [0, 0.05) is 12.2 Å². The first-order valence-corrected chi connectivity index (χ1v) is 8.98. The summed E-state index contributed by atoms with van der Waals surface area (Å²) < 4.78 is 0. The van der Waals surface area contributed by atoms with Crippen LogP contribution < -0.4 is 4.90 Å². The molecule has 1 aromatic carbocycles. The number of fused-ring (bicyclic) bond motifs is 6. The molecule has 4 atom stereocenters. The molecule has 0 radical (unpaired) electrons. The normalized spacial score (nSPS) is 31.9. The summed E-state index contributed by atoms with van der Waals surface area (Å²) in [6, 6.07) is 6.11. The second-order valence-corrected chi connectivity index (χ2v) is 7.69. The molecule has 2 aliphatic heterocycles. The van der Waals surface area contributed by atoms with Crippen molar-refractivity contribution in [1.29, 1.82) is 0 Å². The number of imide groups is 1. The highest BCUT2D eigenvalue weighted by atomic mass is 16.2. The van der Waals surface area contributed by atoms with Crippen molar-refractivity contribution in [3.63, 3.8) is 0 Å². The first kappa shape index (κ1) is 14.9. The Morgan fingerprint density at radius 1 is 1.12 bits per heavy atom. The van der Waals surface area contributed by atoms with Crippen LogP contribution in [0.3, 0.4) is 0 Å². The number of aryl methyl sites for hydroxylation is 1. The number of amides is 3. The third-order valence-electron chi connectivity index (χ3n) is 6.29. The fourth-order valence-electron chi connectivity index (χ4n) is 5.09. The van der Waals surface area contributed by atoms with Gasteiger partial charge in [-0.3, -0.25) is 19.3 Å². The lowest BCUT2D eigenvalue weighted by atomic mass is 9.85. The van der Waals surface area contributed by atoms with Crippen LogP contribution in [0, 0.1) is 30.6 Å². The first-order chi connectivity index (χ1) is 12.0. The van der Waals surface area contributed by atoms with E-state index in [4.69, 9.17) is 0 Å². The highest BCUT2D eigenvalue weighted by molar-refractivity contribution is 6.10. The van der Waals surface area contributed by atoms with Gasteiger partial charge >= 0.3 is 0 Å². The van der Waals surface area contributed by atoms with Gasteiger partial charge in [0.1, 0.15) is 6.54 Å². The molecule has 5 heteroatoms. The zero-order chi connectivity index (χ0) is 17.3. The molecule has 2 heterocycles. The van der Waals surface area contributed by atoms with Crippen molar-refractivity contribution < 1.29 is 14.4 Å².